The minimum Gasteiger partial charge on any atom is -0.381 e. The second-order valence-electron chi connectivity index (χ2n) is 4.12. The molecule has 0 unspecified atom stereocenters. The van der Waals surface area contributed by atoms with Gasteiger partial charge in [0.25, 0.3) is 0 Å². The zero-order chi connectivity index (χ0) is 11.2. The number of anilines is 1. The van der Waals surface area contributed by atoms with Gasteiger partial charge < -0.3 is 10.1 Å². The van der Waals surface area contributed by atoms with Crippen molar-refractivity contribution >= 4 is 28.4 Å². The van der Waals surface area contributed by atoms with Crippen LogP contribution >= 0.6 is 22.6 Å². The molecule has 0 bridgehead atoms. The average Bonchev–Trinajstić information content (AvgIpc) is 2.38. The predicted octanol–water partition coefficient (Wildman–Crippen LogP) is 2.86. The van der Waals surface area contributed by atoms with Crippen molar-refractivity contribution in [2.75, 3.05) is 25.1 Å². The molecule has 88 valence electrons. The normalized spacial score (nSPS) is 17.3. The molecule has 0 radical (unpaired) electrons. The molecule has 4 heteroatoms. The maximum atomic E-state index is 5.34. The van der Waals surface area contributed by atoms with Gasteiger partial charge in [0.1, 0.15) is 5.82 Å². The smallest absolute Gasteiger partial charge is 0.125 e. The van der Waals surface area contributed by atoms with Crippen molar-refractivity contribution in [3.63, 3.8) is 0 Å². The van der Waals surface area contributed by atoms with Gasteiger partial charge in [-0.25, -0.2) is 4.98 Å². The Bertz CT molecular complexity index is 309. The van der Waals surface area contributed by atoms with Crippen molar-refractivity contribution in [3.8, 4) is 0 Å². The highest BCUT2D eigenvalue weighted by atomic mass is 127. The number of nitrogens with one attached hydrogen (secondary N) is 1. The zero-order valence-corrected chi connectivity index (χ0v) is 11.4. The lowest BCUT2D eigenvalue weighted by Gasteiger charge is -2.22. The van der Waals surface area contributed by atoms with Crippen molar-refractivity contribution in [1.29, 1.82) is 0 Å². The number of ether oxygens (including phenoxy) is 1. The number of hydrogen-bond donors (Lipinski definition) is 1. The van der Waals surface area contributed by atoms with Gasteiger partial charge in [-0.05, 0) is 30.4 Å². The van der Waals surface area contributed by atoms with Gasteiger partial charge in [0.05, 0.1) is 0 Å². The first-order valence-corrected chi connectivity index (χ1v) is 7.23. The van der Waals surface area contributed by atoms with Crippen LogP contribution in [0.15, 0.2) is 18.3 Å². The van der Waals surface area contributed by atoms with Gasteiger partial charge in [-0.2, -0.15) is 0 Å². The van der Waals surface area contributed by atoms with Gasteiger partial charge in [-0.1, -0.05) is 28.7 Å². The van der Waals surface area contributed by atoms with E-state index in [-0.39, 0.29) is 0 Å². The summed E-state index contributed by atoms with van der Waals surface area (Å²) in [5.74, 6) is 1.72. The topological polar surface area (TPSA) is 34.1 Å². The van der Waals surface area contributed by atoms with Crippen LogP contribution < -0.4 is 5.32 Å². The van der Waals surface area contributed by atoms with Gasteiger partial charge in [-0.3, -0.25) is 0 Å². The largest absolute Gasteiger partial charge is 0.381 e. The van der Waals surface area contributed by atoms with E-state index in [9.17, 15) is 0 Å². The van der Waals surface area contributed by atoms with Crippen LogP contribution in [0.1, 0.15) is 18.4 Å². The molecule has 16 heavy (non-hydrogen) atoms. The van der Waals surface area contributed by atoms with Crippen LogP contribution in [-0.4, -0.2) is 24.7 Å². The van der Waals surface area contributed by atoms with Crippen molar-refractivity contribution in [1.82, 2.24) is 4.98 Å². The minimum absolute atomic E-state index is 0.736. The lowest BCUT2D eigenvalue weighted by Crippen LogP contribution is -2.22. The third-order valence-corrected chi connectivity index (χ3v) is 3.77. The molecule has 0 saturated carbocycles. The first-order chi connectivity index (χ1) is 7.88. The summed E-state index contributed by atoms with van der Waals surface area (Å²) in [6.07, 6.45) is 4.27. The Morgan fingerprint density at radius 1 is 1.38 bits per heavy atom. The molecule has 0 amide bonds. The molecule has 0 spiro atoms. The Morgan fingerprint density at radius 2 is 2.19 bits per heavy atom. The summed E-state index contributed by atoms with van der Waals surface area (Å²) in [5, 5.41) is 3.40. The van der Waals surface area contributed by atoms with Gasteiger partial charge in [0, 0.05) is 30.4 Å². The Hall–Kier alpha value is -0.360. The minimum atomic E-state index is 0.736. The van der Waals surface area contributed by atoms with Crippen LogP contribution in [0, 0.1) is 5.92 Å². The maximum absolute atomic E-state index is 5.34. The highest BCUT2D eigenvalue weighted by Crippen LogP contribution is 2.15. The SMILES string of the molecule is ICc1ccc(NCC2CCOCC2)nc1. The van der Waals surface area contributed by atoms with E-state index in [1.165, 1.54) is 18.4 Å². The van der Waals surface area contributed by atoms with Crippen molar-refractivity contribution in [2.45, 2.75) is 17.3 Å². The zero-order valence-electron chi connectivity index (χ0n) is 9.29. The number of aromatic nitrogens is 1. The van der Waals surface area contributed by atoms with E-state index in [0.717, 1.165) is 35.9 Å². The molecule has 1 N–H and O–H groups in total. The number of hydrogen-bond acceptors (Lipinski definition) is 3. The Labute approximate surface area is 110 Å². The molecule has 1 aliphatic heterocycles. The summed E-state index contributed by atoms with van der Waals surface area (Å²) in [5.41, 5.74) is 1.28. The predicted molar refractivity (Wildman–Crippen MR) is 74.0 cm³/mol. The molecule has 3 nitrogen and oxygen atoms in total. The molecular formula is C12H17IN2O. The third kappa shape index (κ3) is 3.59. The Kier molecular flexibility index (Phi) is 4.84. The lowest BCUT2D eigenvalue weighted by molar-refractivity contribution is 0.0699. The Balaban J connectivity index is 1.79. The fourth-order valence-electron chi connectivity index (χ4n) is 1.81. The molecule has 2 rings (SSSR count). The molecule has 1 fully saturated rings. The first-order valence-electron chi connectivity index (χ1n) is 5.71. The molecule has 1 aromatic rings. The highest BCUT2D eigenvalue weighted by molar-refractivity contribution is 14.1. The second-order valence-corrected chi connectivity index (χ2v) is 4.88. The van der Waals surface area contributed by atoms with Crippen LogP contribution in [0.2, 0.25) is 0 Å². The number of nitrogens with zero attached hydrogens (tertiary/aromatic N) is 1. The first kappa shape index (κ1) is 12.1. The van der Waals surface area contributed by atoms with Crippen LogP contribution in [0.3, 0.4) is 0 Å². The highest BCUT2D eigenvalue weighted by Gasteiger charge is 2.13. The third-order valence-electron chi connectivity index (χ3n) is 2.89. The van der Waals surface area contributed by atoms with Gasteiger partial charge in [0.2, 0.25) is 0 Å². The summed E-state index contributed by atoms with van der Waals surface area (Å²) < 4.78 is 6.36. The average molecular weight is 332 g/mol. The molecule has 0 aromatic carbocycles. The fraction of sp³-hybridized carbons (Fsp3) is 0.583. The van der Waals surface area contributed by atoms with E-state index in [4.69, 9.17) is 4.74 Å². The van der Waals surface area contributed by atoms with Crippen LogP contribution in [0.25, 0.3) is 0 Å². The Morgan fingerprint density at radius 3 is 2.81 bits per heavy atom. The summed E-state index contributed by atoms with van der Waals surface area (Å²) in [6, 6.07) is 4.19. The monoisotopic (exact) mass is 332 g/mol. The van der Waals surface area contributed by atoms with Gasteiger partial charge in [0.15, 0.2) is 0 Å². The van der Waals surface area contributed by atoms with E-state index >= 15 is 0 Å². The van der Waals surface area contributed by atoms with Crippen LogP contribution in [-0.2, 0) is 9.16 Å². The maximum Gasteiger partial charge on any atom is 0.125 e. The molecular weight excluding hydrogens is 315 g/mol. The van der Waals surface area contributed by atoms with Crippen molar-refractivity contribution in [3.05, 3.63) is 23.9 Å². The van der Waals surface area contributed by atoms with E-state index in [2.05, 4.69) is 45.0 Å². The molecule has 1 saturated heterocycles. The number of alkyl halides is 1. The number of pyridine rings is 1. The number of halogens is 1. The van der Waals surface area contributed by atoms with Crippen molar-refractivity contribution < 1.29 is 4.74 Å². The molecule has 0 aliphatic carbocycles. The van der Waals surface area contributed by atoms with E-state index < -0.39 is 0 Å². The quantitative estimate of drug-likeness (QED) is 0.680. The van der Waals surface area contributed by atoms with E-state index in [1.807, 2.05) is 6.20 Å². The number of rotatable bonds is 4. The summed E-state index contributed by atoms with van der Waals surface area (Å²) in [4.78, 5) is 4.39. The molecule has 0 atom stereocenters. The van der Waals surface area contributed by atoms with Crippen LogP contribution in [0.5, 0.6) is 0 Å². The van der Waals surface area contributed by atoms with Gasteiger partial charge >= 0.3 is 0 Å². The van der Waals surface area contributed by atoms with Crippen molar-refractivity contribution in [2.24, 2.45) is 5.92 Å². The summed E-state index contributed by atoms with van der Waals surface area (Å²) in [7, 11) is 0. The lowest BCUT2D eigenvalue weighted by atomic mass is 10.0. The second kappa shape index (κ2) is 6.39. The summed E-state index contributed by atoms with van der Waals surface area (Å²) >= 11 is 2.35. The van der Waals surface area contributed by atoms with E-state index in [1.54, 1.807) is 0 Å². The standard InChI is InChI=1S/C12H17IN2O/c13-7-11-1-2-12(15-9-11)14-8-10-3-5-16-6-4-10/h1-2,9-10H,3-8H2,(H,14,15). The molecule has 1 aromatic heterocycles. The van der Waals surface area contributed by atoms with Crippen LogP contribution in [0.4, 0.5) is 5.82 Å². The molecule has 1 aliphatic rings. The van der Waals surface area contributed by atoms with E-state index in [0.29, 0.717) is 0 Å². The van der Waals surface area contributed by atoms with Gasteiger partial charge in [-0.15, -0.1) is 0 Å². The summed E-state index contributed by atoms with van der Waals surface area (Å²) in [6.45, 7) is 2.83. The molecule has 2 heterocycles. The fourth-order valence-corrected chi connectivity index (χ4v) is 2.26.